The Kier molecular flexibility index (Phi) is 4.88. The minimum Gasteiger partial charge on any atom is -0.482 e. The number of hydrogen-bond acceptors (Lipinski definition) is 2. The number of rotatable bonds is 4. The molecule has 20 heavy (non-hydrogen) atoms. The number of ketones is 1. The average Bonchev–Trinajstić information content (AvgIpc) is 2.41. The van der Waals surface area contributed by atoms with Gasteiger partial charge in [-0.25, -0.2) is 4.39 Å². The number of ether oxygens (including phenoxy) is 1. The largest absolute Gasteiger partial charge is 0.482 e. The monoisotopic (exact) mass is 404 g/mol. The van der Waals surface area contributed by atoms with Gasteiger partial charge in [0.1, 0.15) is 0 Å². The Labute approximate surface area is 131 Å². The molecule has 2 rings (SSSR count). The summed E-state index contributed by atoms with van der Waals surface area (Å²) in [5.41, 5.74) is 0.434. The summed E-state index contributed by atoms with van der Waals surface area (Å²) in [4.78, 5) is 11.8. The van der Waals surface area contributed by atoms with E-state index in [1.165, 1.54) is 6.07 Å². The van der Waals surface area contributed by atoms with Crippen molar-refractivity contribution in [2.75, 3.05) is 6.61 Å². The van der Waals surface area contributed by atoms with Crippen LogP contribution in [0.25, 0.3) is 0 Å². The van der Waals surface area contributed by atoms with Crippen molar-refractivity contribution in [2.45, 2.75) is 0 Å². The average molecular weight is 406 g/mol. The molecule has 0 aliphatic carbocycles. The second-order valence-electron chi connectivity index (χ2n) is 3.92. The number of Topliss-reactive ketones (excluding diaryl/α,β-unsaturated/α-hetero) is 1. The molecule has 0 spiro atoms. The molecule has 2 nitrogen and oxygen atoms in total. The summed E-state index contributed by atoms with van der Waals surface area (Å²) in [6, 6.07) is 8.92. The molecule has 0 saturated heterocycles. The third-order valence-corrected chi connectivity index (χ3v) is 3.47. The predicted octanol–water partition coefficient (Wildman–Crippen LogP) is 4.75. The van der Waals surface area contributed by atoms with Crippen LogP contribution in [-0.4, -0.2) is 12.4 Å². The summed E-state index contributed by atoms with van der Waals surface area (Å²) in [5, 5.41) is 0. The third kappa shape index (κ3) is 3.64. The van der Waals surface area contributed by atoms with Gasteiger partial charge in [0.15, 0.2) is 24.0 Å². The molecular weight excluding hydrogens is 398 g/mol. The Balaban J connectivity index is 2.09. The highest BCUT2D eigenvalue weighted by Crippen LogP contribution is 2.25. The van der Waals surface area contributed by atoms with E-state index in [0.717, 1.165) is 10.5 Å². The van der Waals surface area contributed by atoms with Crippen molar-refractivity contribution in [3.8, 4) is 5.75 Å². The number of carbonyl (C=O) groups is 1. The van der Waals surface area contributed by atoms with Crippen molar-refractivity contribution < 1.29 is 18.3 Å². The molecule has 0 amide bonds. The Morgan fingerprint density at radius 1 is 1.05 bits per heavy atom. The molecule has 0 aliphatic rings. The fourth-order valence-corrected chi connectivity index (χ4v) is 2.17. The van der Waals surface area contributed by atoms with Gasteiger partial charge in [0.05, 0.1) is 0 Å². The Bertz CT molecular complexity index is 642. The van der Waals surface area contributed by atoms with Gasteiger partial charge in [-0.05, 0) is 24.3 Å². The predicted molar refractivity (Wildman–Crippen MR) is 78.0 cm³/mol. The lowest BCUT2D eigenvalue weighted by Crippen LogP contribution is -2.12. The number of halogens is 4. The van der Waals surface area contributed by atoms with E-state index >= 15 is 0 Å². The lowest BCUT2D eigenvalue weighted by molar-refractivity contribution is 0.0918. The lowest BCUT2D eigenvalue weighted by atomic mass is 10.1. The first-order valence-corrected chi connectivity index (χ1v) is 7.12. The highest BCUT2D eigenvalue weighted by molar-refractivity contribution is 9.10. The molecule has 2 aromatic rings. The minimum absolute atomic E-state index is 0.303. The number of carbonyl (C=O) groups excluding carboxylic acids is 1. The third-order valence-electron chi connectivity index (χ3n) is 2.48. The van der Waals surface area contributed by atoms with E-state index in [0.29, 0.717) is 10.0 Å². The maximum Gasteiger partial charge on any atom is 0.200 e. The molecule has 0 N–H and O–H groups in total. The van der Waals surface area contributed by atoms with Gasteiger partial charge in [-0.3, -0.25) is 4.79 Å². The molecule has 0 bridgehead atoms. The van der Waals surface area contributed by atoms with Crippen molar-refractivity contribution in [1.29, 1.82) is 0 Å². The summed E-state index contributed by atoms with van der Waals surface area (Å²) in [6.45, 7) is -0.367. The number of hydrogen-bond donors (Lipinski definition) is 0. The summed E-state index contributed by atoms with van der Waals surface area (Å²) < 4.78 is 32.8. The van der Waals surface area contributed by atoms with Gasteiger partial charge >= 0.3 is 0 Å². The first kappa shape index (κ1) is 15.1. The fourth-order valence-electron chi connectivity index (χ4n) is 1.50. The minimum atomic E-state index is -1.11. The molecule has 0 atom stereocenters. The van der Waals surface area contributed by atoms with Crippen molar-refractivity contribution in [1.82, 2.24) is 0 Å². The first-order valence-electron chi connectivity index (χ1n) is 5.53. The van der Waals surface area contributed by atoms with Crippen LogP contribution in [0.5, 0.6) is 5.75 Å². The van der Waals surface area contributed by atoms with Crippen LogP contribution in [0.1, 0.15) is 10.4 Å². The smallest absolute Gasteiger partial charge is 0.200 e. The maximum absolute atomic E-state index is 13.4. The summed E-state index contributed by atoms with van der Waals surface area (Å²) in [6.07, 6.45) is 0. The highest BCUT2D eigenvalue weighted by atomic mass is 79.9. The van der Waals surface area contributed by atoms with E-state index in [9.17, 15) is 13.6 Å². The molecule has 104 valence electrons. The van der Waals surface area contributed by atoms with Gasteiger partial charge < -0.3 is 4.74 Å². The van der Waals surface area contributed by atoms with Crippen LogP contribution in [0.15, 0.2) is 45.3 Å². The van der Waals surface area contributed by atoms with E-state index in [-0.39, 0.29) is 18.1 Å². The van der Waals surface area contributed by atoms with Crippen molar-refractivity contribution in [3.63, 3.8) is 0 Å². The first-order chi connectivity index (χ1) is 9.47. The van der Waals surface area contributed by atoms with E-state index < -0.39 is 11.6 Å². The zero-order valence-corrected chi connectivity index (χ0v) is 13.2. The molecule has 0 fully saturated rings. The van der Waals surface area contributed by atoms with Gasteiger partial charge in [-0.15, -0.1) is 0 Å². The molecule has 0 unspecified atom stereocenters. The summed E-state index contributed by atoms with van der Waals surface area (Å²) in [7, 11) is 0. The van der Waals surface area contributed by atoms with E-state index in [1.54, 1.807) is 24.3 Å². The Morgan fingerprint density at radius 3 is 2.35 bits per heavy atom. The maximum atomic E-state index is 13.4. The molecule has 2 aromatic carbocycles. The second kappa shape index (κ2) is 6.45. The van der Waals surface area contributed by atoms with Gasteiger partial charge in [0.25, 0.3) is 0 Å². The van der Waals surface area contributed by atoms with E-state index in [2.05, 4.69) is 31.9 Å². The van der Waals surface area contributed by atoms with Gasteiger partial charge in [-0.2, -0.15) is 4.39 Å². The summed E-state index contributed by atoms with van der Waals surface area (Å²) >= 11 is 6.29. The number of benzene rings is 2. The van der Waals surface area contributed by atoms with Crippen molar-refractivity contribution in [2.24, 2.45) is 0 Å². The van der Waals surface area contributed by atoms with Gasteiger partial charge in [0.2, 0.25) is 5.82 Å². The van der Waals surface area contributed by atoms with Crippen LogP contribution in [0.2, 0.25) is 0 Å². The molecule has 0 heterocycles. The highest BCUT2D eigenvalue weighted by Gasteiger charge is 2.13. The topological polar surface area (TPSA) is 26.3 Å². The van der Waals surface area contributed by atoms with Crippen LogP contribution in [-0.2, 0) is 0 Å². The zero-order chi connectivity index (χ0) is 14.7. The van der Waals surface area contributed by atoms with Gasteiger partial charge in [-0.1, -0.05) is 44.0 Å². The van der Waals surface area contributed by atoms with Crippen molar-refractivity contribution >= 4 is 37.6 Å². The van der Waals surface area contributed by atoms with Crippen LogP contribution in [0, 0.1) is 11.6 Å². The Hall–Kier alpha value is -1.27. The molecule has 0 aliphatic heterocycles. The lowest BCUT2D eigenvalue weighted by Gasteiger charge is -2.08. The van der Waals surface area contributed by atoms with Crippen LogP contribution in [0.4, 0.5) is 8.78 Å². The van der Waals surface area contributed by atoms with E-state index in [4.69, 9.17) is 4.74 Å². The zero-order valence-electron chi connectivity index (χ0n) is 10.00. The Morgan fingerprint density at radius 2 is 1.70 bits per heavy atom. The van der Waals surface area contributed by atoms with Crippen LogP contribution in [0.3, 0.4) is 0 Å². The molecule has 0 saturated carbocycles. The fraction of sp³-hybridized carbons (Fsp3) is 0.0714. The normalized spacial score (nSPS) is 10.4. The quantitative estimate of drug-likeness (QED) is 0.541. The van der Waals surface area contributed by atoms with E-state index in [1.807, 2.05) is 0 Å². The SMILES string of the molecule is O=C(COc1cc(Br)cc(F)c1F)c1ccc(Br)cc1. The molecule has 6 heteroatoms. The van der Waals surface area contributed by atoms with Crippen LogP contribution < -0.4 is 4.74 Å². The van der Waals surface area contributed by atoms with Crippen molar-refractivity contribution in [3.05, 3.63) is 62.5 Å². The van der Waals surface area contributed by atoms with Gasteiger partial charge in [0, 0.05) is 14.5 Å². The molecule has 0 radical (unpaired) electrons. The standard InChI is InChI=1S/C14H8Br2F2O2/c15-9-3-1-8(2-4-9)12(19)7-20-13-6-10(16)5-11(17)14(13)18/h1-6H,7H2. The van der Waals surface area contributed by atoms with Crippen LogP contribution >= 0.6 is 31.9 Å². The summed E-state index contributed by atoms with van der Waals surface area (Å²) in [5.74, 6) is -2.78. The second-order valence-corrected chi connectivity index (χ2v) is 5.75. The molecular formula is C14H8Br2F2O2. The molecule has 0 aromatic heterocycles.